The molecule has 1 aliphatic rings. The van der Waals surface area contributed by atoms with E-state index in [4.69, 9.17) is 5.73 Å². The van der Waals surface area contributed by atoms with Crippen LogP contribution in [0.25, 0.3) is 0 Å². The van der Waals surface area contributed by atoms with Crippen LogP contribution in [0.5, 0.6) is 0 Å². The van der Waals surface area contributed by atoms with E-state index in [1.807, 2.05) is 0 Å². The van der Waals surface area contributed by atoms with E-state index in [1.54, 1.807) is 6.07 Å². The molecule has 0 bridgehead atoms. The van der Waals surface area contributed by atoms with Gasteiger partial charge in [-0.3, -0.25) is 0 Å². The summed E-state index contributed by atoms with van der Waals surface area (Å²) in [5.74, 6) is -0.307. The third-order valence-corrected chi connectivity index (χ3v) is 3.87. The molecule has 16 heavy (non-hydrogen) atoms. The Bertz CT molecular complexity index is 418. The number of benzene rings is 1. The van der Waals surface area contributed by atoms with E-state index in [2.05, 4.69) is 34.7 Å². The maximum atomic E-state index is 13.3. The Hall–Kier alpha value is -0.770. The molecule has 1 heterocycles. The maximum absolute atomic E-state index is 13.3. The van der Waals surface area contributed by atoms with Gasteiger partial charge in [-0.15, -0.1) is 0 Å². The van der Waals surface area contributed by atoms with Gasteiger partial charge in [-0.25, -0.2) is 4.39 Å². The second-order valence-electron chi connectivity index (χ2n) is 4.89. The SMILES string of the molecule is CC1(C)CCCN1c1cc(Br)c(F)cc1N. The summed E-state index contributed by atoms with van der Waals surface area (Å²) in [5.41, 5.74) is 7.43. The van der Waals surface area contributed by atoms with Crippen LogP contribution in [0.2, 0.25) is 0 Å². The van der Waals surface area contributed by atoms with Crippen LogP contribution in [-0.4, -0.2) is 12.1 Å². The van der Waals surface area contributed by atoms with Gasteiger partial charge in [0.15, 0.2) is 0 Å². The fourth-order valence-corrected chi connectivity index (χ4v) is 2.67. The molecule has 1 saturated heterocycles. The highest BCUT2D eigenvalue weighted by Gasteiger charge is 2.33. The highest BCUT2D eigenvalue weighted by molar-refractivity contribution is 9.10. The molecule has 4 heteroatoms. The summed E-state index contributed by atoms with van der Waals surface area (Å²) >= 11 is 3.21. The van der Waals surface area contributed by atoms with Crippen LogP contribution in [-0.2, 0) is 0 Å². The van der Waals surface area contributed by atoms with Crippen LogP contribution in [0.15, 0.2) is 16.6 Å². The molecule has 0 aliphatic carbocycles. The Balaban J connectivity index is 2.44. The van der Waals surface area contributed by atoms with Crippen LogP contribution in [0.1, 0.15) is 26.7 Å². The molecule has 2 nitrogen and oxygen atoms in total. The molecule has 2 rings (SSSR count). The van der Waals surface area contributed by atoms with Gasteiger partial charge in [0.2, 0.25) is 0 Å². The summed E-state index contributed by atoms with van der Waals surface area (Å²) in [6.07, 6.45) is 2.29. The van der Waals surface area contributed by atoms with Crippen molar-refractivity contribution in [2.45, 2.75) is 32.2 Å². The summed E-state index contributed by atoms with van der Waals surface area (Å²) in [6, 6.07) is 3.16. The first-order chi connectivity index (χ1) is 7.42. The van der Waals surface area contributed by atoms with E-state index in [1.165, 1.54) is 6.07 Å². The van der Waals surface area contributed by atoms with E-state index < -0.39 is 0 Å². The van der Waals surface area contributed by atoms with E-state index in [0.717, 1.165) is 25.1 Å². The van der Waals surface area contributed by atoms with Gasteiger partial charge >= 0.3 is 0 Å². The Morgan fingerprint density at radius 3 is 2.69 bits per heavy atom. The number of nitrogens with zero attached hydrogens (tertiary/aromatic N) is 1. The summed E-state index contributed by atoms with van der Waals surface area (Å²) in [6.45, 7) is 5.36. The minimum atomic E-state index is -0.307. The molecular formula is C12H16BrFN2. The lowest BCUT2D eigenvalue weighted by molar-refractivity contribution is 0.518. The molecule has 1 fully saturated rings. The molecule has 1 aromatic carbocycles. The zero-order valence-electron chi connectivity index (χ0n) is 9.56. The molecule has 0 aromatic heterocycles. The monoisotopic (exact) mass is 286 g/mol. The zero-order chi connectivity index (χ0) is 11.9. The minimum Gasteiger partial charge on any atom is -0.397 e. The van der Waals surface area contributed by atoms with Crippen molar-refractivity contribution >= 4 is 27.3 Å². The molecule has 1 aromatic rings. The van der Waals surface area contributed by atoms with E-state index in [-0.39, 0.29) is 11.4 Å². The fourth-order valence-electron chi connectivity index (χ4n) is 2.34. The normalized spacial score (nSPS) is 19.1. The van der Waals surface area contributed by atoms with Crippen LogP contribution in [0, 0.1) is 5.82 Å². The summed E-state index contributed by atoms with van der Waals surface area (Å²) in [7, 11) is 0. The number of nitrogens with two attached hydrogens (primary N) is 1. The lowest BCUT2D eigenvalue weighted by Gasteiger charge is -2.34. The molecule has 1 aliphatic heterocycles. The van der Waals surface area contributed by atoms with E-state index >= 15 is 0 Å². The average Bonchev–Trinajstić information content (AvgIpc) is 2.52. The van der Waals surface area contributed by atoms with Gasteiger partial charge in [0.05, 0.1) is 15.8 Å². The fraction of sp³-hybridized carbons (Fsp3) is 0.500. The predicted molar refractivity (Wildman–Crippen MR) is 69.2 cm³/mol. The second-order valence-corrected chi connectivity index (χ2v) is 5.75. The Kier molecular flexibility index (Phi) is 2.86. The highest BCUT2D eigenvalue weighted by Crippen LogP contribution is 2.38. The zero-order valence-corrected chi connectivity index (χ0v) is 11.1. The van der Waals surface area contributed by atoms with Gasteiger partial charge in [-0.1, -0.05) is 0 Å². The number of hydrogen-bond donors (Lipinski definition) is 1. The lowest BCUT2D eigenvalue weighted by atomic mass is 10.0. The summed E-state index contributed by atoms with van der Waals surface area (Å²) in [5, 5.41) is 0. The predicted octanol–water partition coefficient (Wildman–Crippen LogP) is 3.55. The van der Waals surface area contributed by atoms with Crippen LogP contribution >= 0.6 is 15.9 Å². The van der Waals surface area contributed by atoms with Gasteiger partial charge in [0.1, 0.15) is 5.82 Å². The van der Waals surface area contributed by atoms with Crippen molar-refractivity contribution in [2.75, 3.05) is 17.2 Å². The number of nitrogen functional groups attached to an aromatic ring is 1. The van der Waals surface area contributed by atoms with Crippen LogP contribution in [0.4, 0.5) is 15.8 Å². The van der Waals surface area contributed by atoms with Crippen molar-refractivity contribution in [3.8, 4) is 0 Å². The van der Waals surface area contributed by atoms with Gasteiger partial charge in [-0.05, 0) is 48.7 Å². The smallest absolute Gasteiger partial charge is 0.139 e. The summed E-state index contributed by atoms with van der Waals surface area (Å²) in [4.78, 5) is 2.26. The van der Waals surface area contributed by atoms with Crippen molar-refractivity contribution in [3.05, 3.63) is 22.4 Å². The highest BCUT2D eigenvalue weighted by atomic mass is 79.9. The quantitative estimate of drug-likeness (QED) is 0.800. The lowest BCUT2D eigenvalue weighted by Crippen LogP contribution is -2.38. The van der Waals surface area contributed by atoms with Gasteiger partial charge in [0.25, 0.3) is 0 Å². The Morgan fingerprint density at radius 2 is 2.12 bits per heavy atom. The average molecular weight is 287 g/mol. The minimum absolute atomic E-state index is 0.103. The maximum Gasteiger partial charge on any atom is 0.139 e. The number of halogens is 2. The standard InChI is InChI=1S/C12H16BrFN2/c1-12(2)4-3-5-16(12)11-6-8(13)9(14)7-10(11)15/h6-7H,3-5,15H2,1-2H3. The van der Waals surface area contributed by atoms with Crippen LogP contribution in [0.3, 0.4) is 0 Å². The van der Waals surface area contributed by atoms with Crippen molar-refractivity contribution in [1.82, 2.24) is 0 Å². The topological polar surface area (TPSA) is 29.3 Å². The Labute approximate surface area is 104 Å². The first kappa shape index (κ1) is 11.7. The number of rotatable bonds is 1. The van der Waals surface area contributed by atoms with Crippen molar-refractivity contribution in [2.24, 2.45) is 0 Å². The Morgan fingerprint density at radius 1 is 1.44 bits per heavy atom. The van der Waals surface area contributed by atoms with Crippen molar-refractivity contribution in [3.63, 3.8) is 0 Å². The largest absolute Gasteiger partial charge is 0.397 e. The molecule has 88 valence electrons. The van der Waals surface area contributed by atoms with Crippen LogP contribution < -0.4 is 10.6 Å². The van der Waals surface area contributed by atoms with Gasteiger partial charge in [0, 0.05) is 18.2 Å². The molecule has 2 N–H and O–H groups in total. The summed E-state index contributed by atoms with van der Waals surface area (Å²) < 4.78 is 13.8. The van der Waals surface area contributed by atoms with E-state index in [9.17, 15) is 4.39 Å². The molecule has 0 saturated carbocycles. The number of anilines is 2. The van der Waals surface area contributed by atoms with Gasteiger partial charge in [-0.2, -0.15) is 0 Å². The first-order valence-corrected chi connectivity index (χ1v) is 6.23. The van der Waals surface area contributed by atoms with Gasteiger partial charge < -0.3 is 10.6 Å². The molecule has 0 amide bonds. The molecule has 0 unspecified atom stereocenters. The third-order valence-electron chi connectivity index (χ3n) is 3.26. The van der Waals surface area contributed by atoms with Crippen molar-refractivity contribution < 1.29 is 4.39 Å². The third kappa shape index (κ3) is 1.90. The molecule has 0 radical (unpaired) electrons. The number of hydrogen-bond acceptors (Lipinski definition) is 2. The first-order valence-electron chi connectivity index (χ1n) is 5.44. The molecule has 0 atom stereocenters. The van der Waals surface area contributed by atoms with E-state index in [0.29, 0.717) is 10.2 Å². The molecule has 0 spiro atoms. The second kappa shape index (κ2) is 3.91. The molecular weight excluding hydrogens is 271 g/mol. The van der Waals surface area contributed by atoms with Crippen molar-refractivity contribution in [1.29, 1.82) is 0 Å².